The Morgan fingerprint density at radius 3 is 2.14 bits per heavy atom. The summed E-state index contributed by atoms with van der Waals surface area (Å²) in [5.41, 5.74) is 2.00. The fourth-order valence-corrected chi connectivity index (χ4v) is 4.20. The van der Waals surface area contributed by atoms with Crippen LogP contribution in [0.1, 0.15) is 74.2 Å². The SMILES string of the molecule is CC(C)c1ccc(C(=O)N2CCN(CC(=O)NC3CCCCCC3)CC2)cc1. The first-order valence-electron chi connectivity index (χ1n) is 10.9. The molecule has 0 radical (unpaired) electrons. The number of nitrogens with zero attached hydrogens (tertiary/aromatic N) is 2. The van der Waals surface area contributed by atoms with Crippen LogP contribution in [0.15, 0.2) is 24.3 Å². The highest BCUT2D eigenvalue weighted by Crippen LogP contribution is 2.18. The van der Waals surface area contributed by atoms with E-state index in [1.54, 1.807) is 0 Å². The zero-order valence-corrected chi connectivity index (χ0v) is 17.5. The molecule has 1 heterocycles. The van der Waals surface area contributed by atoms with E-state index in [1.807, 2.05) is 29.2 Å². The minimum absolute atomic E-state index is 0.0952. The van der Waals surface area contributed by atoms with Crippen LogP contribution in [0.4, 0.5) is 0 Å². The predicted molar refractivity (Wildman–Crippen MR) is 113 cm³/mol. The van der Waals surface area contributed by atoms with Crippen molar-refractivity contribution < 1.29 is 9.59 Å². The maximum absolute atomic E-state index is 12.7. The molecule has 0 unspecified atom stereocenters. The van der Waals surface area contributed by atoms with Crippen molar-refractivity contribution >= 4 is 11.8 Å². The molecule has 154 valence electrons. The molecule has 1 aromatic carbocycles. The molecule has 2 aliphatic rings. The van der Waals surface area contributed by atoms with Crippen LogP contribution in [-0.2, 0) is 4.79 Å². The van der Waals surface area contributed by atoms with Gasteiger partial charge in [0.05, 0.1) is 6.54 Å². The molecule has 1 aliphatic heterocycles. The average molecular weight is 386 g/mol. The summed E-state index contributed by atoms with van der Waals surface area (Å²) in [4.78, 5) is 29.2. The molecule has 0 spiro atoms. The summed E-state index contributed by atoms with van der Waals surface area (Å²) < 4.78 is 0. The van der Waals surface area contributed by atoms with Crippen molar-refractivity contribution in [3.8, 4) is 0 Å². The summed E-state index contributed by atoms with van der Waals surface area (Å²) in [5, 5.41) is 3.22. The lowest BCUT2D eigenvalue weighted by molar-refractivity contribution is -0.123. The molecule has 28 heavy (non-hydrogen) atoms. The van der Waals surface area contributed by atoms with Gasteiger partial charge in [0.15, 0.2) is 0 Å². The third-order valence-electron chi connectivity index (χ3n) is 6.07. The second kappa shape index (κ2) is 10.1. The molecular formula is C23H35N3O2. The van der Waals surface area contributed by atoms with Gasteiger partial charge in [0.25, 0.3) is 5.91 Å². The van der Waals surface area contributed by atoms with E-state index in [0.717, 1.165) is 31.5 Å². The summed E-state index contributed by atoms with van der Waals surface area (Å²) in [7, 11) is 0. The molecule has 1 aliphatic carbocycles. The Hall–Kier alpha value is -1.88. The monoisotopic (exact) mass is 385 g/mol. The summed E-state index contributed by atoms with van der Waals surface area (Å²) in [6.45, 7) is 7.64. The van der Waals surface area contributed by atoms with Crippen LogP contribution in [-0.4, -0.2) is 60.4 Å². The Kier molecular flexibility index (Phi) is 7.49. The Morgan fingerprint density at radius 2 is 1.57 bits per heavy atom. The van der Waals surface area contributed by atoms with Crippen molar-refractivity contribution in [2.75, 3.05) is 32.7 Å². The molecule has 5 nitrogen and oxygen atoms in total. The van der Waals surface area contributed by atoms with Crippen LogP contribution in [0.3, 0.4) is 0 Å². The van der Waals surface area contributed by atoms with Crippen molar-refractivity contribution in [1.82, 2.24) is 15.1 Å². The van der Waals surface area contributed by atoms with E-state index in [9.17, 15) is 9.59 Å². The number of benzene rings is 1. The fraction of sp³-hybridized carbons (Fsp3) is 0.652. The van der Waals surface area contributed by atoms with Crippen LogP contribution < -0.4 is 5.32 Å². The lowest BCUT2D eigenvalue weighted by atomic mass is 10.0. The van der Waals surface area contributed by atoms with Gasteiger partial charge in [-0.2, -0.15) is 0 Å². The second-order valence-electron chi connectivity index (χ2n) is 8.60. The van der Waals surface area contributed by atoms with E-state index in [2.05, 4.69) is 24.1 Å². The number of carbonyl (C=O) groups excluding carboxylic acids is 2. The van der Waals surface area contributed by atoms with E-state index in [1.165, 1.54) is 31.2 Å². The highest BCUT2D eigenvalue weighted by molar-refractivity contribution is 5.94. The van der Waals surface area contributed by atoms with Crippen molar-refractivity contribution in [2.45, 2.75) is 64.3 Å². The molecule has 5 heteroatoms. The molecule has 1 N–H and O–H groups in total. The molecule has 1 saturated carbocycles. The lowest BCUT2D eigenvalue weighted by Gasteiger charge is -2.34. The van der Waals surface area contributed by atoms with Gasteiger partial charge in [0.2, 0.25) is 5.91 Å². The zero-order valence-electron chi connectivity index (χ0n) is 17.5. The van der Waals surface area contributed by atoms with Gasteiger partial charge in [0, 0.05) is 37.8 Å². The molecule has 2 fully saturated rings. The lowest BCUT2D eigenvalue weighted by Crippen LogP contribution is -2.51. The summed E-state index contributed by atoms with van der Waals surface area (Å²) in [6, 6.07) is 8.32. The average Bonchev–Trinajstić information content (AvgIpc) is 2.96. The quantitative estimate of drug-likeness (QED) is 0.791. The first kappa shape index (κ1) is 20.8. The molecule has 2 amide bonds. The third kappa shape index (κ3) is 5.81. The molecule has 0 aromatic heterocycles. The third-order valence-corrected chi connectivity index (χ3v) is 6.07. The van der Waals surface area contributed by atoms with Gasteiger partial charge in [0.1, 0.15) is 0 Å². The highest BCUT2D eigenvalue weighted by Gasteiger charge is 2.24. The number of piperazine rings is 1. The van der Waals surface area contributed by atoms with Crippen LogP contribution in [0.2, 0.25) is 0 Å². The van der Waals surface area contributed by atoms with E-state index in [-0.39, 0.29) is 11.8 Å². The number of nitrogens with one attached hydrogen (secondary N) is 1. The standard InChI is InChI=1S/C23H35N3O2/c1-18(2)19-9-11-20(12-10-19)23(28)26-15-13-25(14-16-26)17-22(27)24-21-7-5-3-4-6-8-21/h9-12,18,21H,3-8,13-17H2,1-2H3,(H,24,27). The zero-order chi connectivity index (χ0) is 19.9. The van der Waals surface area contributed by atoms with E-state index in [4.69, 9.17) is 0 Å². The molecule has 1 aromatic rings. The normalized spacial score (nSPS) is 19.5. The van der Waals surface area contributed by atoms with Gasteiger partial charge < -0.3 is 10.2 Å². The van der Waals surface area contributed by atoms with Crippen molar-refractivity contribution in [3.05, 3.63) is 35.4 Å². The number of hydrogen-bond acceptors (Lipinski definition) is 3. The van der Waals surface area contributed by atoms with Gasteiger partial charge in [-0.15, -0.1) is 0 Å². The fourth-order valence-electron chi connectivity index (χ4n) is 4.20. The molecule has 1 saturated heterocycles. The first-order chi connectivity index (χ1) is 13.5. The largest absolute Gasteiger partial charge is 0.352 e. The number of amides is 2. The van der Waals surface area contributed by atoms with E-state index in [0.29, 0.717) is 31.6 Å². The van der Waals surface area contributed by atoms with Gasteiger partial charge in [-0.1, -0.05) is 51.7 Å². The summed E-state index contributed by atoms with van der Waals surface area (Å²) in [6.07, 6.45) is 7.27. The number of hydrogen-bond donors (Lipinski definition) is 1. The smallest absolute Gasteiger partial charge is 0.253 e. The maximum atomic E-state index is 12.7. The molecular weight excluding hydrogens is 350 g/mol. The van der Waals surface area contributed by atoms with Gasteiger partial charge in [-0.3, -0.25) is 14.5 Å². The minimum Gasteiger partial charge on any atom is -0.352 e. The van der Waals surface area contributed by atoms with Gasteiger partial charge in [-0.05, 0) is 36.5 Å². The molecule has 3 rings (SSSR count). The van der Waals surface area contributed by atoms with Crippen molar-refractivity contribution in [1.29, 1.82) is 0 Å². The Labute approximate surface area is 169 Å². The Balaban J connectivity index is 1.43. The van der Waals surface area contributed by atoms with Crippen molar-refractivity contribution in [3.63, 3.8) is 0 Å². The van der Waals surface area contributed by atoms with Crippen LogP contribution in [0.5, 0.6) is 0 Å². The van der Waals surface area contributed by atoms with Crippen LogP contribution >= 0.6 is 0 Å². The molecule has 0 bridgehead atoms. The topological polar surface area (TPSA) is 52.7 Å². The summed E-state index contributed by atoms with van der Waals surface area (Å²) in [5.74, 6) is 0.700. The second-order valence-corrected chi connectivity index (χ2v) is 8.60. The Morgan fingerprint density at radius 1 is 0.964 bits per heavy atom. The first-order valence-corrected chi connectivity index (χ1v) is 10.9. The van der Waals surface area contributed by atoms with E-state index < -0.39 is 0 Å². The maximum Gasteiger partial charge on any atom is 0.253 e. The van der Waals surface area contributed by atoms with Crippen molar-refractivity contribution in [2.24, 2.45) is 0 Å². The Bertz CT molecular complexity index is 640. The van der Waals surface area contributed by atoms with E-state index >= 15 is 0 Å². The molecule has 0 atom stereocenters. The predicted octanol–water partition coefficient (Wildman–Crippen LogP) is 3.41. The van der Waals surface area contributed by atoms with Gasteiger partial charge >= 0.3 is 0 Å². The highest BCUT2D eigenvalue weighted by atomic mass is 16.2. The number of carbonyl (C=O) groups is 2. The minimum atomic E-state index is 0.0952. The van der Waals surface area contributed by atoms with Gasteiger partial charge in [-0.25, -0.2) is 0 Å². The number of rotatable bonds is 5. The van der Waals surface area contributed by atoms with Crippen LogP contribution in [0, 0.1) is 0 Å². The summed E-state index contributed by atoms with van der Waals surface area (Å²) >= 11 is 0. The van der Waals surface area contributed by atoms with Crippen LogP contribution in [0.25, 0.3) is 0 Å².